The lowest BCUT2D eigenvalue weighted by molar-refractivity contribution is -0.165. The van der Waals surface area contributed by atoms with Gasteiger partial charge in [0.05, 0.1) is 24.7 Å². The lowest BCUT2D eigenvalue weighted by Gasteiger charge is -2.34. The molecule has 0 aromatic heterocycles. The number of carbonyl (C=O) groups is 3. The van der Waals surface area contributed by atoms with Crippen molar-refractivity contribution in [2.24, 2.45) is 5.41 Å². The molecule has 0 spiro atoms. The molecule has 1 aromatic carbocycles. The summed E-state index contributed by atoms with van der Waals surface area (Å²) in [6.45, 7) is 7.02. The third-order valence-corrected chi connectivity index (χ3v) is 4.59. The van der Waals surface area contributed by atoms with Gasteiger partial charge >= 0.3 is 18.0 Å². The van der Waals surface area contributed by atoms with Crippen LogP contribution in [-0.2, 0) is 30.2 Å². The van der Waals surface area contributed by atoms with Crippen molar-refractivity contribution in [3.8, 4) is 0 Å². The Balaban J connectivity index is 2.23. The predicted molar refractivity (Wildman–Crippen MR) is 101 cm³/mol. The summed E-state index contributed by atoms with van der Waals surface area (Å²) >= 11 is 0. The summed E-state index contributed by atoms with van der Waals surface area (Å²) in [5.74, 6) is -1.20. The maximum Gasteiger partial charge on any atom is 0.424 e. The van der Waals surface area contributed by atoms with Gasteiger partial charge in [0.2, 0.25) is 0 Å². The molecule has 1 aliphatic heterocycles. The molecule has 8 nitrogen and oxygen atoms in total. The fourth-order valence-electron chi connectivity index (χ4n) is 2.96. The van der Waals surface area contributed by atoms with Crippen LogP contribution in [0.15, 0.2) is 30.3 Å². The number of cyclic esters (lactones) is 1. The van der Waals surface area contributed by atoms with Gasteiger partial charge in [-0.2, -0.15) is 0 Å². The second kappa shape index (κ2) is 9.54. The van der Waals surface area contributed by atoms with E-state index in [1.54, 1.807) is 27.7 Å². The molecule has 8 heteroatoms. The van der Waals surface area contributed by atoms with Gasteiger partial charge < -0.3 is 14.2 Å². The number of ether oxygens (including phenoxy) is 3. The first-order valence-electron chi connectivity index (χ1n) is 9.41. The molecule has 0 unspecified atom stereocenters. The van der Waals surface area contributed by atoms with Gasteiger partial charge in [-0.25, -0.2) is 15.2 Å². The molecule has 0 bridgehead atoms. The molecular weight excluding hydrogens is 364 g/mol. The van der Waals surface area contributed by atoms with E-state index < -0.39 is 29.5 Å². The summed E-state index contributed by atoms with van der Waals surface area (Å²) < 4.78 is 15.4. The van der Waals surface area contributed by atoms with Gasteiger partial charge in [-0.15, -0.1) is 0 Å². The molecule has 2 rings (SSSR count). The number of esters is 2. The van der Waals surface area contributed by atoms with Crippen molar-refractivity contribution in [1.29, 1.82) is 0 Å². The van der Waals surface area contributed by atoms with E-state index in [2.05, 4.69) is 5.43 Å². The topological polar surface area (TPSA) is 94.2 Å². The molecule has 1 amide bonds. The first kappa shape index (κ1) is 21.7. The molecule has 1 fully saturated rings. The Hall–Kier alpha value is -2.61. The second-order valence-corrected chi connectivity index (χ2v) is 7.05. The predicted octanol–water partition coefficient (Wildman–Crippen LogP) is 2.08. The van der Waals surface area contributed by atoms with Crippen LogP contribution in [0, 0.1) is 5.41 Å². The molecule has 0 saturated carbocycles. The molecule has 0 aliphatic carbocycles. The number of rotatable bonds is 9. The molecule has 28 heavy (non-hydrogen) atoms. The number of nitrogens with one attached hydrogen (secondary N) is 1. The van der Waals surface area contributed by atoms with Crippen LogP contribution < -0.4 is 5.43 Å². The van der Waals surface area contributed by atoms with Gasteiger partial charge in [0.1, 0.15) is 12.6 Å². The summed E-state index contributed by atoms with van der Waals surface area (Å²) in [5.41, 5.74) is 2.65. The van der Waals surface area contributed by atoms with E-state index in [1.807, 2.05) is 30.3 Å². The van der Waals surface area contributed by atoms with E-state index >= 15 is 0 Å². The normalized spacial score (nSPS) is 17.8. The number of hydrazine groups is 1. The van der Waals surface area contributed by atoms with Crippen molar-refractivity contribution < 1.29 is 28.6 Å². The summed E-state index contributed by atoms with van der Waals surface area (Å²) in [6, 6.07) is 8.19. The van der Waals surface area contributed by atoms with E-state index in [4.69, 9.17) is 14.2 Å². The molecule has 1 N–H and O–H groups in total. The average molecular weight is 392 g/mol. The Morgan fingerprint density at radius 1 is 1.21 bits per heavy atom. The van der Waals surface area contributed by atoms with Gasteiger partial charge in [-0.05, 0) is 39.7 Å². The SMILES string of the molecule is CCOC(=O)[C@@H](NN1C(=O)OC[C@@H]1Cc1ccccc1)C(C)(C)C(=O)OCC. The van der Waals surface area contributed by atoms with E-state index in [0.29, 0.717) is 6.42 Å². The van der Waals surface area contributed by atoms with Crippen LogP contribution >= 0.6 is 0 Å². The second-order valence-electron chi connectivity index (χ2n) is 7.05. The molecule has 1 saturated heterocycles. The highest BCUT2D eigenvalue weighted by molar-refractivity contribution is 5.87. The van der Waals surface area contributed by atoms with Gasteiger partial charge in [0, 0.05) is 0 Å². The van der Waals surface area contributed by atoms with E-state index in [9.17, 15) is 14.4 Å². The lowest BCUT2D eigenvalue weighted by Crippen LogP contribution is -2.60. The van der Waals surface area contributed by atoms with Crippen LogP contribution in [0.25, 0.3) is 0 Å². The maximum absolute atomic E-state index is 12.6. The quantitative estimate of drug-likeness (QED) is 0.508. The highest BCUT2D eigenvalue weighted by Crippen LogP contribution is 2.26. The van der Waals surface area contributed by atoms with E-state index in [0.717, 1.165) is 5.56 Å². The zero-order valence-corrected chi connectivity index (χ0v) is 16.8. The van der Waals surface area contributed by atoms with Gasteiger partial charge in [0.25, 0.3) is 0 Å². The fraction of sp³-hybridized carbons (Fsp3) is 0.550. The van der Waals surface area contributed by atoms with Gasteiger partial charge in [-0.3, -0.25) is 9.59 Å². The largest absolute Gasteiger partial charge is 0.466 e. The average Bonchev–Trinajstić information content (AvgIpc) is 3.00. The van der Waals surface area contributed by atoms with Gasteiger partial charge in [0.15, 0.2) is 0 Å². The summed E-state index contributed by atoms with van der Waals surface area (Å²) in [5, 5.41) is 1.27. The minimum absolute atomic E-state index is 0.147. The standard InChI is InChI=1S/C20H28N2O6/c1-5-26-17(23)16(20(3,4)18(24)27-6-2)21-22-15(13-28-19(22)25)12-14-10-8-7-9-11-14/h7-11,15-16,21H,5-6,12-13H2,1-4H3/t15-,16+/m0/s1. The molecule has 2 atom stereocenters. The lowest BCUT2D eigenvalue weighted by atomic mass is 9.84. The van der Waals surface area contributed by atoms with Crippen LogP contribution in [0.3, 0.4) is 0 Å². The number of benzene rings is 1. The van der Waals surface area contributed by atoms with E-state index in [-0.39, 0.29) is 25.9 Å². The molecular formula is C20H28N2O6. The Morgan fingerprint density at radius 2 is 1.86 bits per heavy atom. The van der Waals surface area contributed by atoms with Gasteiger partial charge in [-0.1, -0.05) is 30.3 Å². The van der Waals surface area contributed by atoms with E-state index in [1.165, 1.54) is 5.01 Å². The number of nitrogens with zero attached hydrogens (tertiary/aromatic N) is 1. The van der Waals surface area contributed by atoms with Crippen molar-refractivity contribution >= 4 is 18.0 Å². The van der Waals surface area contributed by atoms with Crippen molar-refractivity contribution in [3.05, 3.63) is 35.9 Å². The number of hydrogen-bond acceptors (Lipinski definition) is 7. The zero-order valence-electron chi connectivity index (χ0n) is 16.8. The number of amides is 1. The first-order valence-corrected chi connectivity index (χ1v) is 9.41. The van der Waals surface area contributed by atoms with Crippen molar-refractivity contribution in [3.63, 3.8) is 0 Å². The zero-order chi connectivity index (χ0) is 20.7. The Bertz CT molecular complexity index is 691. The van der Waals surface area contributed by atoms with Crippen LogP contribution in [-0.4, -0.2) is 54.9 Å². The Morgan fingerprint density at radius 3 is 2.46 bits per heavy atom. The van der Waals surface area contributed by atoms with Crippen molar-refractivity contribution in [2.45, 2.75) is 46.2 Å². The smallest absolute Gasteiger partial charge is 0.424 e. The molecule has 154 valence electrons. The molecule has 1 aromatic rings. The number of carbonyl (C=O) groups excluding carboxylic acids is 3. The summed E-state index contributed by atoms with van der Waals surface area (Å²) in [4.78, 5) is 37.3. The van der Waals surface area contributed by atoms with Crippen LogP contribution in [0.1, 0.15) is 33.3 Å². The van der Waals surface area contributed by atoms with Crippen molar-refractivity contribution in [2.75, 3.05) is 19.8 Å². The fourth-order valence-corrected chi connectivity index (χ4v) is 2.96. The third-order valence-electron chi connectivity index (χ3n) is 4.59. The third kappa shape index (κ3) is 5.01. The van der Waals surface area contributed by atoms with Crippen LogP contribution in [0.4, 0.5) is 4.79 Å². The molecule has 1 heterocycles. The Kier molecular flexibility index (Phi) is 7.39. The van der Waals surface area contributed by atoms with Crippen LogP contribution in [0.2, 0.25) is 0 Å². The number of hydrogen-bond donors (Lipinski definition) is 1. The maximum atomic E-state index is 12.6. The molecule has 1 aliphatic rings. The van der Waals surface area contributed by atoms with Crippen LogP contribution in [0.5, 0.6) is 0 Å². The van der Waals surface area contributed by atoms with Crippen molar-refractivity contribution in [1.82, 2.24) is 10.4 Å². The Labute approximate surface area is 165 Å². The minimum atomic E-state index is -1.26. The highest BCUT2D eigenvalue weighted by Gasteiger charge is 2.47. The summed E-state index contributed by atoms with van der Waals surface area (Å²) in [7, 11) is 0. The summed E-state index contributed by atoms with van der Waals surface area (Å²) in [6.07, 6.45) is -0.0653. The minimum Gasteiger partial charge on any atom is -0.466 e. The monoisotopic (exact) mass is 392 g/mol. The molecule has 0 radical (unpaired) electrons. The first-order chi connectivity index (χ1) is 13.3. The highest BCUT2D eigenvalue weighted by atomic mass is 16.6.